The van der Waals surface area contributed by atoms with Crippen LogP contribution in [0.1, 0.15) is 11.3 Å². The Morgan fingerprint density at radius 3 is 3.08 bits per heavy atom. The maximum Gasteiger partial charge on any atom is 0.259 e. The zero-order valence-electron chi connectivity index (χ0n) is 6.71. The summed E-state index contributed by atoms with van der Waals surface area (Å²) in [6, 6.07) is 1.94. The van der Waals surface area contributed by atoms with Gasteiger partial charge in [-0.05, 0) is 6.92 Å². The van der Waals surface area contributed by atoms with Gasteiger partial charge in [0.2, 0.25) is 0 Å². The molecule has 0 radical (unpaired) electrons. The summed E-state index contributed by atoms with van der Waals surface area (Å²) >= 11 is 5.93. The molecule has 0 atom stereocenters. The fraction of sp³-hybridized carbons (Fsp3) is 0.125. The zero-order valence-corrected chi connectivity index (χ0v) is 7.46. The van der Waals surface area contributed by atoms with Gasteiger partial charge in [-0.1, -0.05) is 16.8 Å². The van der Waals surface area contributed by atoms with Crippen molar-refractivity contribution < 1.29 is 4.52 Å². The first kappa shape index (κ1) is 8.02. The molecule has 2 aromatic rings. The van der Waals surface area contributed by atoms with Crippen molar-refractivity contribution in [3.05, 3.63) is 22.5 Å². The molecule has 0 saturated heterocycles. The molecule has 0 amide bonds. The van der Waals surface area contributed by atoms with Crippen molar-refractivity contribution in [2.24, 2.45) is 0 Å². The first-order valence-electron chi connectivity index (χ1n) is 3.54. The third kappa shape index (κ3) is 1.05. The van der Waals surface area contributed by atoms with E-state index < -0.39 is 0 Å². The van der Waals surface area contributed by atoms with Gasteiger partial charge in [0.25, 0.3) is 5.71 Å². The van der Waals surface area contributed by atoms with E-state index in [0.717, 1.165) is 0 Å². The SMILES string of the molecule is Cc1noc2ncc(C#N)c(Cl)c12. The average molecular weight is 194 g/mol. The Morgan fingerprint density at radius 2 is 2.38 bits per heavy atom. The summed E-state index contributed by atoms with van der Waals surface area (Å²) in [5, 5.41) is 13.3. The number of hydrogen-bond donors (Lipinski definition) is 0. The number of halogens is 1. The molecule has 13 heavy (non-hydrogen) atoms. The summed E-state index contributed by atoms with van der Waals surface area (Å²) in [6.07, 6.45) is 1.37. The molecule has 2 heterocycles. The van der Waals surface area contributed by atoms with Crippen LogP contribution in [0.15, 0.2) is 10.7 Å². The van der Waals surface area contributed by atoms with E-state index in [2.05, 4.69) is 10.1 Å². The molecular weight excluding hydrogens is 190 g/mol. The number of pyridine rings is 1. The molecule has 64 valence electrons. The van der Waals surface area contributed by atoms with E-state index in [1.807, 2.05) is 6.07 Å². The summed E-state index contributed by atoms with van der Waals surface area (Å²) in [5.74, 6) is 0. The standard InChI is InChI=1S/C8H4ClN3O/c1-4-6-7(9)5(2-10)3-11-8(6)13-12-4/h3H,1H3. The molecule has 0 aromatic carbocycles. The molecule has 0 aliphatic heterocycles. The lowest BCUT2D eigenvalue weighted by atomic mass is 10.2. The molecule has 0 N–H and O–H groups in total. The van der Waals surface area contributed by atoms with Gasteiger partial charge in [0.15, 0.2) is 0 Å². The number of nitriles is 1. The van der Waals surface area contributed by atoms with Crippen molar-refractivity contribution in [1.82, 2.24) is 10.1 Å². The van der Waals surface area contributed by atoms with Crippen LogP contribution in [0.4, 0.5) is 0 Å². The monoisotopic (exact) mass is 193 g/mol. The number of aromatic nitrogens is 2. The summed E-state index contributed by atoms with van der Waals surface area (Å²) in [6.45, 7) is 1.75. The van der Waals surface area contributed by atoms with Crippen LogP contribution in [-0.2, 0) is 0 Å². The Balaban J connectivity index is 2.93. The molecule has 2 aromatic heterocycles. The van der Waals surface area contributed by atoms with Gasteiger partial charge in [-0.25, -0.2) is 4.98 Å². The lowest BCUT2D eigenvalue weighted by molar-refractivity contribution is 0.443. The molecule has 4 nitrogen and oxygen atoms in total. The van der Waals surface area contributed by atoms with E-state index in [0.29, 0.717) is 27.4 Å². The predicted molar refractivity (Wildman–Crippen MR) is 46.3 cm³/mol. The second-order valence-corrected chi connectivity index (χ2v) is 2.92. The van der Waals surface area contributed by atoms with E-state index in [-0.39, 0.29) is 0 Å². The first-order valence-corrected chi connectivity index (χ1v) is 3.92. The van der Waals surface area contributed by atoms with Crippen molar-refractivity contribution in [3.8, 4) is 6.07 Å². The van der Waals surface area contributed by atoms with E-state index in [1.54, 1.807) is 6.92 Å². The Kier molecular flexibility index (Phi) is 1.67. The van der Waals surface area contributed by atoms with Gasteiger partial charge < -0.3 is 4.52 Å². The molecule has 5 heteroatoms. The fourth-order valence-corrected chi connectivity index (χ4v) is 1.40. The largest absolute Gasteiger partial charge is 0.335 e. The highest BCUT2D eigenvalue weighted by Gasteiger charge is 2.12. The predicted octanol–water partition coefficient (Wildman–Crippen LogP) is 2.06. The minimum Gasteiger partial charge on any atom is -0.335 e. The normalized spacial score (nSPS) is 10.2. The second-order valence-electron chi connectivity index (χ2n) is 2.55. The van der Waals surface area contributed by atoms with Gasteiger partial charge in [0.1, 0.15) is 6.07 Å². The van der Waals surface area contributed by atoms with Crippen LogP contribution in [0.25, 0.3) is 11.1 Å². The highest BCUT2D eigenvalue weighted by molar-refractivity contribution is 6.36. The summed E-state index contributed by atoms with van der Waals surface area (Å²) in [7, 11) is 0. The van der Waals surface area contributed by atoms with Crippen molar-refractivity contribution in [2.75, 3.05) is 0 Å². The van der Waals surface area contributed by atoms with Crippen LogP contribution in [0, 0.1) is 18.3 Å². The van der Waals surface area contributed by atoms with Crippen molar-refractivity contribution in [2.45, 2.75) is 6.92 Å². The number of hydrogen-bond acceptors (Lipinski definition) is 4. The Hall–Kier alpha value is -1.60. The van der Waals surface area contributed by atoms with Gasteiger partial charge in [0, 0.05) is 0 Å². The molecule has 0 saturated carbocycles. The van der Waals surface area contributed by atoms with Gasteiger partial charge in [0.05, 0.1) is 27.9 Å². The van der Waals surface area contributed by atoms with Gasteiger partial charge in [-0.15, -0.1) is 0 Å². The van der Waals surface area contributed by atoms with Gasteiger partial charge in [-0.3, -0.25) is 0 Å². The molecule has 2 rings (SSSR count). The van der Waals surface area contributed by atoms with Crippen molar-refractivity contribution in [1.29, 1.82) is 5.26 Å². The summed E-state index contributed by atoms with van der Waals surface area (Å²) in [4.78, 5) is 3.90. The minimum absolute atomic E-state index is 0.334. The average Bonchev–Trinajstić information content (AvgIpc) is 2.49. The molecule has 0 aliphatic carbocycles. The number of nitrogens with zero attached hydrogens (tertiary/aromatic N) is 3. The lowest BCUT2D eigenvalue weighted by Crippen LogP contribution is -1.82. The number of rotatable bonds is 0. The number of fused-ring (bicyclic) bond motifs is 1. The Bertz CT molecular complexity index is 512. The fourth-order valence-electron chi connectivity index (χ4n) is 1.09. The summed E-state index contributed by atoms with van der Waals surface area (Å²) < 4.78 is 4.87. The third-order valence-electron chi connectivity index (χ3n) is 1.73. The lowest BCUT2D eigenvalue weighted by Gasteiger charge is -1.93. The first-order chi connectivity index (χ1) is 6.24. The van der Waals surface area contributed by atoms with Crippen LogP contribution in [-0.4, -0.2) is 10.1 Å². The quantitative estimate of drug-likeness (QED) is 0.643. The van der Waals surface area contributed by atoms with Crippen LogP contribution in [0.2, 0.25) is 5.02 Å². The van der Waals surface area contributed by atoms with Gasteiger partial charge in [-0.2, -0.15) is 5.26 Å². The molecule has 0 spiro atoms. The smallest absolute Gasteiger partial charge is 0.259 e. The van der Waals surface area contributed by atoms with Crippen LogP contribution in [0.3, 0.4) is 0 Å². The van der Waals surface area contributed by atoms with E-state index in [9.17, 15) is 0 Å². The molecular formula is C8H4ClN3O. The minimum atomic E-state index is 0.334. The van der Waals surface area contributed by atoms with Crippen LogP contribution >= 0.6 is 11.6 Å². The molecule has 0 unspecified atom stereocenters. The highest BCUT2D eigenvalue weighted by atomic mass is 35.5. The van der Waals surface area contributed by atoms with Crippen molar-refractivity contribution >= 4 is 22.7 Å². The molecule has 0 bridgehead atoms. The van der Waals surface area contributed by atoms with E-state index in [4.69, 9.17) is 21.4 Å². The molecule has 0 fully saturated rings. The maximum atomic E-state index is 8.68. The Morgan fingerprint density at radius 1 is 1.62 bits per heavy atom. The van der Waals surface area contributed by atoms with Crippen LogP contribution < -0.4 is 0 Å². The summed E-state index contributed by atoms with van der Waals surface area (Å²) in [5.41, 5.74) is 1.34. The van der Waals surface area contributed by atoms with Crippen LogP contribution in [0.5, 0.6) is 0 Å². The van der Waals surface area contributed by atoms with Crippen molar-refractivity contribution in [3.63, 3.8) is 0 Å². The number of aryl methyl sites for hydroxylation is 1. The maximum absolute atomic E-state index is 8.68. The molecule has 0 aliphatic rings. The van der Waals surface area contributed by atoms with Gasteiger partial charge >= 0.3 is 0 Å². The third-order valence-corrected chi connectivity index (χ3v) is 2.12. The second kappa shape index (κ2) is 2.71. The topological polar surface area (TPSA) is 62.7 Å². The van der Waals surface area contributed by atoms with E-state index >= 15 is 0 Å². The highest BCUT2D eigenvalue weighted by Crippen LogP contribution is 2.27. The van der Waals surface area contributed by atoms with E-state index in [1.165, 1.54) is 6.20 Å². The Labute approximate surface area is 78.7 Å². The zero-order chi connectivity index (χ0) is 9.42.